The molecule has 1 rings (SSSR count). The maximum atomic E-state index is 12.9. The lowest BCUT2D eigenvalue weighted by atomic mass is 10.3. The summed E-state index contributed by atoms with van der Waals surface area (Å²) in [7, 11) is 1.40. The van der Waals surface area contributed by atoms with Gasteiger partial charge in [-0.2, -0.15) is 0 Å². The molecule has 104 valence electrons. The first-order valence-corrected chi connectivity index (χ1v) is 6.42. The number of halogens is 2. The number of hydrogen-bond acceptors (Lipinski definition) is 3. The molecule has 4 nitrogen and oxygen atoms in total. The number of carbonyl (C=O) groups is 2. The first-order chi connectivity index (χ1) is 8.90. The SMILES string of the molecule is CN(CC(=O)O)C(=O)CCSc1ccc(F)c(F)c1. The van der Waals surface area contributed by atoms with Gasteiger partial charge in [0.15, 0.2) is 11.6 Å². The standard InChI is InChI=1S/C12H13F2NO3S/c1-15(7-12(17)18)11(16)4-5-19-8-2-3-9(13)10(14)6-8/h2-3,6H,4-5,7H2,1H3,(H,17,18). The third-order valence-electron chi connectivity index (χ3n) is 2.27. The van der Waals surface area contributed by atoms with Crippen LogP contribution in [-0.2, 0) is 9.59 Å². The van der Waals surface area contributed by atoms with Crippen LogP contribution >= 0.6 is 11.8 Å². The van der Waals surface area contributed by atoms with E-state index in [1.165, 1.54) is 24.9 Å². The van der Waals surface area contributed by atoms with E-state index in [0.717, 1.165) is 17.0 Å². The topological polar surface area (TPSA) is 57.6 Å². The summed E-state index contributed by atoms with van der Waals surface area (Å²) in [5, 5.41) is 8.52. The van der Waals surface area contributed by atoms with E-state index in [-0.39, 0.29) is 18.9 Å². The van der Waals surface area contributed by atoms with Crippen molar-refractivity contribution in [3.8, 4) is 0 Å². The number of aliphatic carboxylic acids is 1. The number of hydrogen-bond donors (Lipinski definition) is 1. The van der Waals surface area contributed by atoms with Gasteiger partial charge in [-0.15, -0.1) is 11.8 Å². The van der Waals surface area contributed by atoms with E-state index in [4.69, 9.17) is 5.11 Å². The number of amides is 1. The van der Waals surface area contributed by atoms with Gasteiger partial charge in [-0.1, -0.05) is 0 Å². The summed E-state index contributed by atoms with van der Waals surface area (Å²) in [4.78, 5) is 23.5. The lowest BCUT2D eigenvalue weighted by Gasteiger charge is -2.14. The largest absolute Gasteiger partial charge is 0.480 e. The molecular weight excluding hydrogens is 276 g/mol. The van der Waals surface area contributed by atoms with Gasteiger partial charge in [0.2, 0.25) is 5.91 Å². The number of rotatable bonds is 6. The monoisotopic (exact) mass is 289 g/mol. The summed E-state index contributed by atoms with van der Waals surface area (Å²) >= 11 is 1.21. The predicted molar refractivity (Wildman–Crippen MR) is 67.0 cm³/mol. The number of likely N-dealkylation sites (N-methyl/N-ethyl adjacent to an activating group) is 1. The highest BCUT2D eigenvalue weighted by Gasteiger charge is 2.12. The van der Waals surface area contributed by atoms with Gasteiger partial charge in [0.05, 0.1) is 0 Å². The number of carboxylic acids is 1. The van der Waals surface area contributed by atoms with Crippen LogP contribution in [0.1, 0.15) is 6.42 Å². The van der Waals surface area contributed by atoms with Crippen molar-refractivity contribution >= 4 is 23.6 Å². The Morgan fingerprint density at radius 3 is 2.58 bits per heavy atom. The minimum Gasteiger partial charge on any atom is -0.480 e. The molecule has 1 aromatic carbocycles. The fourth-order valence-electron chi connectivity index (χ4n) is 1.30. The molecule has 0 aliphatic heterocycles. The molecule has 0 unspecified atom stereocenters. The molecule has 0 bridgehead atoms. The summed E-state index contributed by atoms with van der Waals surface area (Å²) in [6, 6.07) is 3.51. The van der Waals surface area contributed by atoms with Gasteiger partial charge in [-0.3, -0.25) is 9.59 Å². The van der Waals surface area contributed by atoms with Crippen LogP contribution in [0, 0.1) is 11.6 Å². The number of benzene rings is 1. The summed E-state index contributed by atoms with van der Waals surface area (Å²) in [6.07, 6.45) is 0.132. The molecule has 0 heterocycles. The first-order valence-electron chi connectivity index (χ1n) is 5.43. The Kier molecular flexibility index (Phi) is 5.75. The lowest BCUT2D eigenvalue weighted by molar-refractivity contribution is -0.143. The third kappa shape index (κ3) is 5.25. The van der Waals surface area contributed by atoms with Gasteiger partial charge < -0.3 is 10.0 Å². The second-order valence-electron chi connectivity index (χ2n) is 3.82. The molecular formula is C12H13F2NO3S. The Hall–Kier alpha value is -1.63. The van der Waals surface area contributed by atoms with Crippen molar-refractivity contribution in [3.63, 3.8) is 0 Å². The Morgan fingerprint density at radius 1 is 1.32 bits per heavy atom. The Balaban J connectivity index is 2.39. The number of nitrogens with zero attached hydrogens (tertiary/aromatic N) is 1. The van der Waals surface area contributed by atoms with Gasteiger partial charge in [0, 0.05) is 24.1 Å². The molecule has 0 fully saturated rings. The maximum Gasteiger partial charge on any atom is 0.323 e. The van der Waals surface area contributed by atoms with Crippen molar-refractivity contribution in [2.75, 3.05) is 19.3 Å². The normalized spacial score (nSPS) is 10.3. The summed E-state index contributed by atoms with van der Waals surface area (Å²) in [5.74, 6) is -2.86. The van der Waals surface area contributed by atoms with Crippen LogP contribution in [0.15, 0.2) is 23.1 Å². The van der Waals surface area contributed by atoms with Crippen LogP contribution in [0.5, 0.6) is 0 Å². The van der Waals surface area contributed by atoms with Crippen molar-refractivity contribution in [1.82, 2.24) is 4.90 Å². The minimum absolute atomic E-state index is 0.132. The Labute approximate surface area is 113 Å². The Morgan fingerprint density at radius 2 is 2.00 bits per heavy atom. The third-order valence-corrected chi connectivity index (χ3v) is 3.27. The van der Waals surface area contributed by atoms with Crippen LogP contribution in [0.25, 0.3) is 0 Å². The van der Waals surface area contributed by atoms with Crippen molar-refractivity contribution in [2.45, 2.75) is 11.3 Å². The zero-order chi connectivity index (χ0) is 14.4. The second-order valence-corrected chi connectivity index (χ2v) is 4.99. The van der Waals surface area contributed by atoms with E-state index in [1.54, 1.807) is 0 Å². The maximum absolute atomic E-state index is 12.9. The van der Waals surface area contributed by atoms with Crippen LogP contribution in [-0.4, -0.2) is 41.2 Å². The molecule has 0 saturated carbocycles. The summed E-state index contributed by atoms with van der Waals surface area (Å²) < 4.78 is 25.6. The molecule has 7 heteroatoms. The fourth-order valence-corrected chi connectivity index (χ4v) is 2.17. The molecule has 0 aliphatic carbocycles. The molecule has 0 radical (unpaired) electrons. The van der Waals surface area contributed by atoms with E-state index in [9.17, 15) is 18.4 Å². The van der Waals surface area contributed by atoms with Crippen molar-refractivity contribution < 1.29 is 23.5 Å². The zero-order valence-electron chi connectivity index (χ0n) is 10.2. The number of thioether (sulfide) groups is 1. The molecule has 0 spiro atoms. The van der Waals surface area contributed by atoms with Gasteiger partial charge >= 0.3 is 5.97 Å². The number of carboxylic acid groups (broad SMARTS) is 1. The first kappa shape index (κ1) is 15.4. The summed E-state index contributed by atoms with van der Waals surface area (Å²) in [5.41, 5.74) is 0. The number of carbonyl (C=O) groups excluding carboxylic acids is 1. The zero-order valence-corrected chi connectivity index (χ0v) is 11.0. The minimum atomic E-state index is -1.08. The van der Waals surface area contributed by atoms with Crippen LogP contribution in [0.3, 0.4) is 0 Å². The molecule has 1 amide bonds. The molecule has 0 aliphatic rings. The molecule has 0 aromatic heterocycles. The van der Waals surface area contributed by atoms with Crippen LogP contribution < -0.4 is 0 Å². The highest BCUT2D eigenvalue weighted by Crippen LogP contribution is 2.21. The average molecular weight is 289 g/mol. The van der Waals surface area contributed by atoms with Crippen molar-refractivity contribution in [2.24, 2.45) is 0 Å². The summed E-state index contributed by atoms with van der Waals surface area (Å²) in [6.45, 7) is -0.353. The molecule has 1 N–H and O–H groups in total. The van der Waals surface area contributed by atoms with Crippen LogP contribution in [0.4, 0.5) is 8.78 Å². The smallest absolute Gasteiger partial charge is 0.323 e. The molecule has 19 heavy (non-hydrogen) atoms. The van der Waals surface area contributed by atoms with Gasteiger partial charge in [-0.05, 0) is 18.2 Å². The second kappa shape index (κ2) is 7.08. The van der Waals surface area contributed by atoms with Crippen molar-refractivity contribution in [3.05, 3.63) is 29.8 Å². The molecule has 1 aromatic rings. The highest BCUT2D eigenvalue weighted by molar-refractivity contribution is 7.99. The van der Waals surface area contributed by atoms with Gasteiger partial charge in [0.25, 0.3) is 0 Å². The van der Waals surface area contributed by atoms with E-state index in [1.807, 2.05) is 0 Å². The molecule has 0 atom stereocenters. The van der Waals surface area contributed by atoms with Gasteiger partial charge in [0.1, 0.15) is 6.54 Å². The van der Waals surface area contributed by atoms with Crippen LogP contribution in [0.2, 0.25) is 0 Å². The molecule has 0 saturated heterocycles. The fraction of sp³-hybridized carbons (Fsp3) is 0.333. The van der Waals surface area contributed by atoms with E-state index in [0.29, 0.717) is 10.6 Å². The average Bonchev–Trinajstić information content (AvgIpc) is 2.32. The quantitative estimate of drug-likeness (QED) is 0.814. The van der Waals surface area contributed by atoms with Gasteiger partial charge in [-0.25, -0.2) is 8.78 Å². The van der Waals surface area contributed by atoms with E-state index >= 15 is 0 Å². The van der Waals surface area contributed by atoms with Crippen molar-refractivity contribution in [1.29, 1.82) is 0 Å². The van der Waals surface area contributed by atoms with E-state index < -0.39 is 17.6 Å². The highest BCUT2D eigenvalue weighted by atomic mass is 32.2. The lowest BCUT2D eigenvalue weighted by Crippen LogP contribution is -2.32. The van der Waals surface area contributed by atoms with E-state index in [2.05, 4.69) is 0 Å². The Bertz CT molecular complexity index is 482. The predicted octanol–water partition coefficient (Wildman–Crippen LogP) is 1.99.